The first-order valence-corrected chi connectivity index (χ1v) is 9.21. The number of nitrogens with one attached hydrogen (secondary N) is 1. The minimum atomic E-state index is -0.222. The molecule has 1 saturated heterocycles. The normalized spacial score (nSPS) is 15.7. The molecule has 1 fully saturated rings. The number of carbonyl (C=O) groups is 1. The Morgan fingerprint density at radius 3 is 2.59 bits per heavy atom. The molecule has 1 aromatic heterocycles. The van der Waals surface area contributed by atoms with Crippen LogP contribution in [-0.2, 0) is 9.53 Å². The van der Waals surface area contributed by atoms with Gasteiger partial charge in [-0.2, -0.15) is 0 Å². The molecule has 0 spiro atoms. The third-order valence-electron chi connectivity index (χ3n) is 4.93. The zero-order valence-corrected chi connectivity index (χ0v) is 15.2. The monoisotopic (exact) mass is 366 g/mol. The lowest BCUT2D eigenvalue weighted by molar-refractivity contribution is -0.117. The van der Waals surface area contributed by atoms with Gasteiger partial charge in [-0.25, -0.2) is 4.63 Å². The van der Waals surface area contributed by atoms with E-state index in [9.17, 15) is 4.79 Å². The third kappa shape index (κ3) is 3.50. The Morgan fingerprint density at radius 1 is 1.11 bits per heavy atom. The van der Waals surface area contributed by atoms with Crippen molar-refractivity contribution in [2.45, 2.75) is 19.3 Å². The molecule has 1 aliphatic heterocycles. The number of morpholine rings is 1. The maximum atomic E-state index is 12.9. The summed E-state index contributed by atoms with van der Waals surface area (Å²) in [6.45, 7) is 4.95. The fraction of sp³-hybridized carbons (Fsp3) is 0.350. The first-order valence-electron chi connectivity index (χ1n) is 9.21. The average molecular weight is 366 g/mol. The predicted octanol–water partition coefficient (Wildman–Crippen LogP) is 3.19. The van der Waals surface area contributed by atoms with Gasteiger partial charge >= 0.3 is 0 Å². The fourth-order valence-electron chi connectivity index (χ4n) is 3.49. The minimum absolute atomic E-state index is 0.0628. The van der Waals surface area contributed by atoms with Crippen molar-refractivity contribution in [1.29, 1.82) is 0 Å². The molecule has 7 nitrogen and oxygen atoms in total. The molecular weight excluding hydrogens is 344 g/mol. The summed E-state index contributed by atoms with van der Waals surface area (Å²) in [6, 6.07) is 13.6. The van der Waals surface area contributed by atoms with Crippen LogP contribution in [0.5, 0.6) is 0 Å². The number of hydrogen-bond donors (Lipinski definition) is 1. The highest BCUT2D eigenvalue weighted by Crippen LogP contribution is 2.31. The highest BCUT2D eigenvalue weighted by Gasteiger charge is 2.22. The molecule has 1 amide bonds. The molecule has 1 aliphatic rings. The van der Waals surface area contributed by atoms with Gasteiger partial charge in [0.1, 0.15) is 0 Å². The molecule has 140 valence electrons. The van der Waals surface area contributed by atoms with E-state index in [4.69, 9.17) is 9.37 Å². The summed E-state index contributed by atoms with van der Waals surface area (Å²) in [5.41, 5.74) is 3.78. The number of rotatable bonds is 5. The van der Waals surface area contributed by atoms with Gasteiger partial charge < -0.3 is 15.0 Å². The molecule has 0 saturated carbocycles. The van der Waals surface area contributed by atoms with Gasteiger partial charge in [-0.15, -0.1) is 0 Å². The van der Waals surface area contributed by atoms with Gasteiger partial charge in [-0.3, -0.25) is 4.79 Å². The Morgan fingerprint density at radius 2 is 1.85 bits per heavy atom. The number of hydrogen-bond acceptors (Lipinski definition) is 6. The Bertz CT molecular complexity index is 919. The second-order valence-corrected chi connectivity index (χ2v) is 6.55. The maximum Gasteiger partial charge on any atom is 0.231 e. The van der Waals surface area contributed by atoms with Crippen molar-refractivity contribution < 1.29 is 14.2 Å². The number of benzene rings is 2. The molecule has 27 heavy (non-hydrogen) atoms. The van der Waals surface area contributed by atoms with Crippen LogP contribution in [0, 0.1) is 0 Å². The van der Waals surface area contributed by atoms with Crippen LogP contribution in [0.1, 0.15) is 24.8 Å². The number of carbonyl (C=O) groups excluding carboxylic acids is 1. The fourth-order valence-corrected chi connectivity index (χ4v) is 3.49. The number of nitrogens with zero attached hydrogens (tertiary/aromatic N) is 3. The van der Waals surface area contributed by atoms with Crippen LogP contribution in [0.15, 0.2) is 47.1 Å². The zero-order chi connectivity index (χ0) is 18.6. The zero-order valence-electron chi connectivity index (χ0n) is 15.2. The van der Waals surface area contributed by atoms with E-state index in [1.165, 1.54) is 0 Å². The SMILES string of the molecule is CC[C@H](C(=O)Nc1ccc(N2CCOCC2)c2nonc12)c1ccccc1. The van der Waals surface area contributed by atoms with Gasteiger partial charge in [0, 0.05) is 13.1 Å². The largest absolute Gasteiger partial charge is 0.378 e. The van der Waals surface area contributed by atoms with Gasteiger partial charge in [0.05, 0.1) is 30.5 Å². The van der Waals surface area contributed by atoms with Crippen LogP contribution in [-0.4, -0.2) is 42.5 Å². The average Bonchev–Trinajstić information content (AvgIpc) is 3.21. The van der Waals surface area contributed by atoms with E-state index in [0.717, 1.165) is 24.3 Å². The molecule has 1 N–H and O–H groups in total. The topological polar surface area (TPSA) is 80.5 Å². The van der Waals surface area contributed by atoms with E-state index in [-0.39, 0.29) is 11.8 Å². The lowest BCUT2D eigenvalue weighted by Gasteiger charge is -2.28. The van der Waals surface area contributed by atoms with Crippen LogP contribution in [0.3, 0.4) is 0 Å². The number of anilines is 2. The Balaban J connectivity index is 1.61. The molecule has 2 heterocycles. The maximum absolute atomic E-state index is 12.9. The van der Waals surface area contributed by atoms with Gasteiger partial charge in [0.25, 0.3) is 0 Å². The van der Waals surface area contributed by atoms with Gasteiger partial charge in [0.15, 0.2) is 11.0 Å². The second kappa shape index (κ2) is 7.75. The van der Waals surface area contributed by atoms with Crippen molar-refractivity contribution in [3.05, 3.63) is 48.0 Å². The molecule has 1 atom stereocenters. The molecule has 0 unspecified atom stereocenters. The Kier molecular flexibility index (Phi) is 5.02. The van der Waals surface area contributed by atoms with Crippen molar-refractivity contribution in [1.82, 2.24) is 10.3 Å². The summed E-state index contributed by atoms with van der Waals surface area (Å²) in [7, 11) is 0. The smallest absolute Gasteiger partial charge is 0.231 e. The number of fused-ring (bicyclic) bond motifs is 1. The third-order valence-corrected chi connectivity index (χ3v) is 4.93. The van der Waals surface area contributed by atoms with Crippen LogP contribution >= 0.6 is 0 Å². The van der Waals surface area contributed by atoms with Gasteiger partial charge in [-0.05, 0) is 34.4 Å². The summed E-state index contributed by atoms with van der Waals surface area (Å²) < 4.78 is 10.4. The number of ether oxygens (including phenoxy) is 1. The van der Waals surface area contributed by atoms with Crippen molar-refractivity contribution in [3.63, 3.8) is 0 Å². The second-order valence-electron chi connectivity index (χ2n) is 6.55. The molecule has 4 rings (SSSR count). The first kappa shape index (κ1) is 17.5. The molecule has 7 heteroatoms. The number of aromatic nitrogens is 2. The summed E-state index contributed by atoms with van der Waals surface area (Å²) >= 11 is 0. The van der Waals surface area contributed by atoms with E-state index in [1.54, 1.807) is 0 Å². The molecule has 0 radical (unpaired) electrons. The molecule has 0 bridgehead atoms. The Hall–Kier alpha value is -2.93. The standard InChI is InChI=1S/C20H22N4O3/c1-2-15(14-6-4-3-5-7-14)20(25)21-16-8-9-17(19-18(16)22-27-23-19)24-10-12-26-13-11-24/h3-9,15H,2,10-13H2,1H3,(H,21,25)/t15-/m0/s1. The van der Waals surface area contributed by atoms with E-state index < -0.39 is 0 Å². The van der Waals surface area contributed by atoms with Gasteiger partial charge in [-0.1, -0.05) is 37.3 Å². The van der Waals surface area contributed by atoms with E-state index in [2.05, 4.69) is 20.5 Å². The summed E-state index contributed by atoms with van der Waals surface area (Å²) in [5.74, 6) is -0.285. The van der Waals surface area contributed by atoms with E-state index in [1.807, 2.05) is 49.4 Å². The van der Waals surface area contributed by atoms with Crippen LogP contribution in [0.25, 0.3) is 11.0 Å². The summed E-state index contributed by atoms with van der Waals surface area (Å²) in [6.07, 6.45) is 0.710. The highest BCUT2D eigenvalue weighted by molar-refractivity contribution is 6.04. The highest BCUT2D eigenvalue weighted by atomic mass is 16.6. The Labute approximate surface area is 157 Å². The minimum Gasteiger partial charge on any atom is -0.378 e. The van der Waals surface area contributed by atoms with Crippen molar-refractivity contribution in [3.8, 4) is 0 Å². The molecule has 0 aliphatic carbocycles. The summed E-state index contributed by atoms with van der Waals surface area (Å²) in [5, 5.41) is 11.1. The quantitative estimate of drug-likeness (QED) is 0.747. The van der Waals surface area contributed by atoms with Crippen LogP contribution in [0.4, 0.5) is 11.4 Å². The van der Waals surface area contributed by atoms with Crippen LogP contribution < -0.4 is 10.2 Å². The molecular formula is C20H22N4O3. The predicted molar refractivity (Wildman–Crippen MR) is 103 cm³/mol. The van der Waals surface area contributed by atoms with Crippen molar-refractivity contribution in [2.24, 2.45) is 0 Å². The van der Waals surface area contributed by atoms with Crippen molar-refractivity contribution in [2.75, 3.05) is 36.5 Å². The molecule has 2 aromatic carbocycles. The molecule has 3 aromatic rings. The van der Waals surface area contributed by atoms with E-state index >= 15 is 0 Å². The first-order chi connectivity index (χ1) is 13.3. The lowest BCUT2D eigenvalue weighted by Crippen LogP contribution is -2.36. The van der Waals surface area contributed by atoms with Crippen LogP contribution in [0.2, 0.25) is 0 Å². The lowest BCUT2D eigenvalue weighted by atomic mass is 9.95. The van der Waals surface area contributed by atoms with Gasteiger partial charge in [0.2, 0.25) is 5.91 Å². The number of amides is 1. The summed E-state index contributed by atoms with van der Waals surface area (Å²) in [4.78, 5) is 15.1. The van der Waals surface area contributed by atoms with E-state index in [0.29, 0.717) is 36.4 Å². The van der Waals surface area contributed by atoms with Crippen molar-refractivity contribution >= 4 is 28.3 Å².